The van der Waals surface area contributed by atoms with Crippen LogP contribution in [-0.4, -0.2) is 82.4 Å². The molecule has 2 heterocycles. The molecule has 0 aliphatic carbocycles. The van der Waals surface area contributed by atoms with Gasteiger partial charge in [0, 0.05) is 32.2 Å². The van der Waals surface area contributed by atoms with Crippen molar-refractivity contribution < 1.29 is 28.5 Å². The number of para-hydroxylation sites is 2. The van der Waals surface area contributed by atoms with Crippen LogP contribution in [0.25, 0.3) is 0 Å². The van der Waals surface area contributed by atoms with E-state index in [1.54, 1.807) is 25.6 Å². The molecule has 32 heavy (non-hydrogen) atoms. The van der Waals surface area contributed by atoms with Crippen LogP contribution in [0.1, 0.15) is 16.5 Å². The Balaban J connectivity index is 1.77. The van der Waals surface area contributed by atoms with Crippen LogP contribution >= 0.6 is 11.3 Å². The van der Waals surface area contributed by atoms with E-state index in [4.69, 9.17) is 18.9 Å². The maximum absolute atomic E-state index is 13.3. The molecule has 0 saturated carbocycles. The van der Waals surface area contributed by atoms with Gasteiger partial charge in [0.2, 0.25) is 11.8 Å². The summed E-state index contributed by atoms with van der Waals surface area (Å²) in [7, 11) is 4.62. The summed E-state index contributed by atoms with van der Waals surface area (Å²) >= 11 is 1.69. The fourth-order valence-electron chi connectivity index (χ4n) is 3.74. The number of carbonyl (C=O) groups excluding carboxylic acids is 2. The van der Waals surface area contributed by atoms with E-state index in [0.29, 0.717) is 37.8 Å². The molecule has 0 bridgehead atoms. The molecule has 1 aliphatic heterocycles. The van der Waals surface area contributed by atoms with Crippen LogP contribution in [0.4, 0.5) is 0 Å². The van der Waals surface area contributed by atoms with E-state index in [-0.39, 0.29) is 31.0 Å². The number of hydrogen-bond donors (Lipinski definition) is 0. The summed E-state index contributed by atoms with van der Waals surface area (Å²) in [6, 6.07) is 9.25. The third-order valence-corrected chi connectivity index (χ3v) is 6.39. The van der Waals surface area contributed by atoms with Crippen LogP contribution < -0.4 is 9.47 Å². The fourth-order valence-corrected chi connectivity index (χ4v) is 4.67. The highest BCUT2D eigenvalue weighted by molar-refractivity contribution is 7.10. The SMILES string of the molecule is COCCN(CC(=O)N1CCc2sccc2[C@H]1COc1ccccc1OC)C(=O)COC. The van der Waals surface area contributed by atoms with E-state index in [9.17, 15) is 9.59 Å². The summed E-state index contributed by atoms with van der Waals surface area (Å²) in [5.41, 5.74) is 1.09. The molecule has 1 aliphatic rings. The van der Waals surface area contributed by atoms with Gasteiger partial charge in [-0.25, -0.2) is 0 Å². The van der Waals surface area contributed by atoms with Crippen molar-refractivity contribution in [3.63, 3.8) is 0 Å². The lowest BCUT2D eigenvalue weighted by atomic mass is 10.0. The lowest BCUT2D eigenvalue weighted by Crippen LogP contribution is -2.49. The molecule has 0 radical (unpaired) electrons. The number of rotatable bonds is 11. The average molecular weight is 463 g/mol. The summed E-state index contributed by atoms with van der Waals surface area (Å²) in [6.07, 6.45) is 0.786. The van der Waals surface area contributed by atoms with E-state index in [1.807, 2.05) is 34.5 Å². The van der Waals surface area contributed by atoms with Gasteiger partial charge >= 0.3 is 0 Å². The molecule has 9 heteroatoms. The fraction of sp³-hybridized carbons (Fsp3) is 0.478. The Hall–Kier alpha value is -2.62. The number of fused-ring (bicyclic) bond motifs is 1. The highest BCUT2D eigenvalue weighted by Crippen LogP contribution is 2.35. The van der Waals surface area contributed by atoms with E-state index in [0.717, 1.165) is 12.0 Å². The zero-order valence-corrected chi connectivity index (χ0v) is 19.6. The van der Waals surface area contributed by atoms with E-state index >= 15 is 0 Å². The maximum Gasteiger partial charge on any atom is 0.249 e. The van der Waals surface area contributed by atoms with Gasteiger partial charge < -0.3 is 28.7 Å². The van der Waals surface area contributed by atoms with Crippen molar-refractivity contribution in [2.75, 3.05) is 60.8 Å². The summed E-state index contributed by atoms with van der Waals surface area (Å²) < 4.78 is 21.6. The van der Waals surface area contributed by atoms with Crippen molar-refractivity contribution in [3.05, 3.63) is 46.2 Å². The van der Waals surface area contributed by atoms with Gasteiger partial charge in [-0.1, -0.05) is 12.1 Å². The van der Waals surface area contributed by atoms with Crippen LogP contribution in [0.5, 0.6) is 11.5 Å². The molecule has 1 aromatic heterocycles. The number of hydrogen-bond acceptors (Lipinski definition) is 7. The molecular weight excluding hydrogens is 432 g/mol. The van der Waals surface area contributed by atoms with Crippen molar-refractivity contribution in [1.82, 2.24) is 9.80 Å². The van der Waals surface area contributed by atoms with Crippen molar-refractivity contribution in [1.29, 1.82) is 0 Å². The summed E-state index contributed by atoms with van der Waals surface area (Å²) in [6.45, 7) is 1.42. The first-order valence-corrected chi connectivity index (χ1v) is 11.3. The second-order valence-electron chi connectivity index (χ2n) is 7.36. The van der Waals surface area contributed by atoms with E-state index < -0.39 is 0 Å². The predicted octanol–water partition coefficient (Wildman–Crippen LogP) is 2.38. The van der Waals surface area contributed by atoms with Crippen LogP contribution in [0, 0.1) is 0 Å². The second kappa shape index (κ2) is 11.8. The second-order valence-corrected chi connectivity index (χ2v) is 8.36. The van der Waals surface area contributed by atoms with Gasteiger partial charge in [-0.3, -0.25) is 9.59 Å². The first kappa shape index (κ1) is 24.0. The van der Waals surface area contributed by atoms with Crippen LogP contribution in [0.3, 0.4) is 0 Å². The van der Waals surface area contributed by atoms with Gasteiger partial charge in [-0.15, -0.1) is 11.3 Å². The number of nitrogens with zero attached hydrogens (tertiary/aromatic N) is 2. The minimum absolute atomic E-state index is 0.0316. The monoisotopic (exact) mass is 462 g/mol. The van der Waals surface area contributed by atoms with Crippen LogP contribution in [0.2, 0.25) is 0 Å². The van der Waals surface area contributed by atoms with Crippen molar-refractivity contribution >= 4 is 23.2 Å². The molecule has 0 unspecified atom stereocenters. The zero-order chi connectivity index (χ0) is 22.9. The summed E-state index contributed by atoms with van der Waals surface area (Å²) in [5, 5.41) is 2.04. The highest BCUT2D eigenvalue weighted by atomic mass is 32.1. The number of thiophene rings is 1. The number of ether oxygens (including phenoxy) is 4. The lowest BCUT2D eigenvalue weighted by molar-refractivity contribution is -0.145. The van der Waals surface area contributed by atoms with Crippen LogP contribution in [-0.2, 0) is 25.5 Å². The number of benzene rings is 1. The number of methoxy groups -OCH3 is 3. The molecule has 2 aromatic rings. The topological polar surface area (TPSA) is 77.5 Å². The Morgan fingerprint density at radius 1 is 1.12 bits per heavy atom. The predicted molar refractivity (Wildman–Crippen MR) is 121 cm³/mol. The minimum atomic E-state index is -0.246. The van der Waals surface area contributed by atoms with Gasteiger partial charge in [0.05, 0.1) is 26.3 Å². The highest BCUT2D eigenvalue weighted by Gasteiger charge is 2.33. The molecule has 0 saturated heterocycles. The molecule has 0 spiro atoms. The molecule has 0 fully saturated rings. The Morgan fingerprint density at radius 3 is 2.62 bits per heavy atom. The van der Waals surface area contributed by atoms with E-state index in [1.165, 1.54) is 16.9 Å². The van der Waals surface area contributed by atoms with Crippen molar-refractivity contribution in [2.45, 2.75) is 12.5 Å². The first-order chi connectivity index (χ1) is 15.6. The average Bonchev–Trinajstić information content (AvgIpc) is 3.29. The van der Waals surface area contributed by atoms with Gasteiger partial charge in [0.25, 0.3) is 0 Å². The lowest BCUT2D eigenvalue weighted by Gasteiger charge is -2.37. The molecule has 2 amide bonds. The number of amides is 2. The zero-order valence-electron chi connectivity index (χ0n) is 18.7. The third kappa shape index (κ3) is 5.79. The summed E-state index contributed by atoms with van der Waals surface area (Å²) in [4.78, 5) is 30.3. The van der Waals surface area contributed by atoms with Crippen molar-refractivity contribution in [2.24, 2.45) is 0 Å². The third-order valence-electron chi connectivity index (χ3n) is 5.39. The first-order valence-electron chi connectivity index (χ1n) is 10.5. The van der Waals surface area contributed by atoms with Gasteiger partial charge in [0.15, 0.2) is 11.5 Å². The normalized spacial score (nSPS) is 15.2. The molecule has 1 aromatic carbocycles. The van der Waals surface area contributed by atoms with Gasteiger partial charge in [0.1, 0.15) is 13.2 Å². The Kier molecular flexibility index (Phi) is 8.90. The van der Waals surface area contributed by atoms with Gasteiger partial charge in [-0.2, -0.15) is 0 Å². The van der Waals surface area contributed by atoms with Crippen LogP contribution in [0.15, 0.2) is 35.7 Å². The number of carbonyl (C=O) groups is 2. The quantitative estimate of drug-likeness (QED) is 0.510. The molecule has 3 rings (SSSR count). The Bertz CT molecular complexity index is 902. The largest absolute Gasteiger partial charge is 0.493 e. The van der Waals surface area contributed by atoms with E-state index in [2.05, 4.69) is 6.07 Å². The maximum atomic E-state index is 13.3. The minimum Gasteiger partial charge on any atom is -0.493 e. The molecule has 174 valence electrons. The molecular formula is C23H30N2O6S. The standard InChI is InChI=1S/C23H30N2O6S/c1-28-12-11-24(23(27)16-29-2)14-22(26)25-10-8-21-17(9-13-32-21)18(25)15-31-20-7-5-4-6-19(20)30-3/h4-7,9,13,18H,8,10-12,14-16H2,1-3H3/t18-/m1/s1. The molecule has 1 atom stereocenters. The molecule has 0 N–H and O–H groups in total. The molecule has 8 nitrogen and oxygen atoms in total. The van der Waals surface area contributed by atoms with Gasteiger partial charge in [-0.05, 0) is 35.6 Å². The Morgan fingerprint density at radius 2 is 1.91 bits per heavy atom. The van der Waals surface area contributed by atoms with Crippen molar-refractivity contribution in [3.8, 4) is 11.5 Å². The smallest absolute Gasteiger partial charge is 0.249 e. The Labute approximate surface area is 192 Å². The summed E-state index contributed by atoms with van der Waals surface area (Å²) in [5.74, 6) is 0.897.